The topological polar surface area (TPSA) is 81.2 Å². The largest absolute Gasteiger partial charge is 0.478 e. The molecule has 2 saturated heterocycles. The Balaban J connectivity index is 1.67. The Morgan fingerprint density at radius 3 is 2.57 bits per heavy atom. The van der Waals surface area contributed by atoms with Gasteiger partial charge in [-0.25, -0.2) is 4.79 Å². The molecule has 1 N–H and O–H groups in total. The van der Waals surface area contributed by atoms with Crippen LogP contribution in [0.5, 0.6) is 0 Å². The first-order valence-electron chi connectivity index (χ1n) is 7.55. The average Bonchev–Trinajstić information content (AvgIpc) is 2.53. The van der Waals surface area contributed by atoms with E-state index in [4.69, 9.17) is 5.11 Å². The Kier molecular flexibility index (Phi) is 4.04. The first-order valence-corrected chi connectivity index (χ1v) is 7.55. The molecule has 23 heavy (non-hydrogen) atoms. The molecule has 0 radical (unpaired) electrons. The van der Waals surface area contributed by atoms with Gasteiger partial charge >= 0.3 is 5.97 Å². The first kappa shape index (κ1) is 15.5. The summed E-state index contributed by atoms with van der Waals surface area (Å²) in [6.45, 7) is 2.56. The van der Waals surface area contributed by atoms with Crippen LogP contribution in [0.1, 0.15) is 15.9 Å². The highest BCUT2D eigenvalue weighted by atomic mass is 16.4. The van der Waals surface area contributed by atoms with E-state index >= 15 is 0 Å². The van der Waals surface area contributed by atoms with Crippen molar-refractivity contribution < 1.29 is 19.5 Å². The van der Waals surface area contributed by atoms with Gasteiger partial charge in [0, 0.05) is 33.2 Å². The lowest BCUT2D eigenvalue weighted by molar-refractivity contribution is -0.158. The maximum absolute atomic E-state index is 12.3. The van der Waals surface area contributed by atoms with Gasteiger partial charge in [0.2, 0.25) is 11.8 Å². The molecule has 3 rings (SSSR count). The van der Waals surface area contributed by atoms with Crippen LogP contribution in [-0.2, 0) is 16.1 Å². The number of carboxylic acid groups (broad SMARTS) is 1. The summed E-state index contributed by atoms with van der Waals surface area (Å²) in [6, 6.07) is 6.33. The van der Waals surface area contributed by atoms with E-state index in [9.17, 15) is 14.4 Å². The molecule has 2 aliphatic rings. The number of benzene rings is 1. The molecule has 0 aliphatic carbocycles. The highest BCUT2D eigenvalue weighted by Gasteiger charge is 2.41. The second-order valence-electron chi connectivity index (χ2n) is 6.03. The molecule has 7 nitrogen and oxygen atoms in total. The van der Waals surface area contributed by atoms with E-state index in [0.29, 0.717) is 26.2 Å². The fourth-order valence-electron chi connectivity index (χ4n) is 3.13. The van der Waals surface area contributed by atoms with Gasteiger partial charge in [0.15, 0.2) is 0 Å². The summed E-state index contributed by atoms with van der Waals surface area (Å²) in [6.07, 6.45) is 0. The van der Waals surface area contributed by atoms with Crippen molar-refractivity contribution in [1.82, 2.24) is 14.7 Å². The van der Waals surface area contributed by atoms with Gasteiger partial charge in [-0.1, -0.05) is 12.1 Å². The zero-order valence-electron chi connectivity index (χ0n) is 12.9. The molecule has 2 fully saturated rings. The smallest absolute Gasteiger partial charge is 0.335 e. The Morgan fingerprint density at radius 1 is 1.22 bits per heavy atom. The van der Waals surface area contributed by atoms with Gasteiger partial charge in [-0.2, -0.15) is 0 Å². The Bertz CT molecular complexity index is 643. The van der Waals surface area contributed by atoms with Gasteiger partial charge < -0.3 is 14.9 Å². The lowest BCUT2D eigenvalue weighted by atomic mass is 10.1. The maximum Gasteiger partial charge on any atom is 0.335 e. The molecule has 2 amide bonds. The van der Waals surface area contributed by atoms with Gasteiger partial charge in [-0.05, 0) is 17.7 Å². The van der Waals surface area contributed by atoms with Crippen molar-refractivity contribution in [2.75, 3.05) is 33.2 Å². The monoisotopic (exact) mass is 317 g/mol. The lowest BCUT2D eigenvalue weighted by Crippen LogP contribution is -2.65. The second kappa shape index (κ2) is 6.00. The van der Waals surface area contributed by atoms with E-state index in [-0.39, 0.29) is 23.9 Å². The summed E-state index contributed by atoms with van der Waals surface area (Å²) in [7, 11) is 1.65. The maximum atomic E-state index is 12.3. The molecule has 0 spiro atoms. The first-order chi connectivity index (χ1) is 11.0. The SMILES string of the molecule is CN1CC(=O)N2CCN(Cc3ccc(C(=O)O)cc3)C[C@H]2C1=O. The standard InChI is InChI=1S/C16H19N3O4/c1-17-10-14(20)19-7-6-18(9-13(19)15(17)21)8-11-2-4-12(5-3-11)16(22)23/h2-5,13H,6-10H2,1H3,(H,22,23)/t13-/m0/s1. The third-order valence-electron chi connectivity index (χ3n) is 4.43. The van der Waals surface area contributed by atoms with Crippen LogP contribution in [0.25, 0.3) is 0 Å². The van der Waals surface area contributed by atoms with Gasteiger partial charge in [0.1, 0.15) is 6.04 Å². The Hall–Kier alpha value is -2.41. The van der Waals surface area contributed by atoms with Crippen LogP contribution in [0.2, 0.25) is 0 Å². The van der Waals surface area contributed by atoms with Crippen molar-refractivity contribution >= 4 is 17.8 Å². The number of fused-ring (bicyclic) bond motifs is 1. The second-order valence-corrected chi connectivity index (χ2v) is 6.03. The number of likely N-dealkylation sites (N-methyl/N-ethyl adjacent to an activating group) is 1. The number of hydrogen-bond acceptors (Lipinski definition) is 4. The van der Waals surface area contributed by atoms with Crippen LogP contribution in [-0.4, -0.2) is 76.9 Å². The third-order valence-corrected chi connectivity index (χ3v) is 4.43. The number of carbonyl (C=O) groups excluding carboxylic acids is 2. The minimum atomic E-state index is -0.945. The minimum absolute atomic E-state index is 0.00237. The van der Waals surface area contributed by atoms with E-state index in [1.54, 1.807) is 36.2 Å². The van der Waals surface area contributed by atoms with Crippen LogP contribution in [0.4, 0.5) is 0 Å². The van der Waals surface area contributed by atoms with Crippen molar-refractivity contribution in [2.24, 2.45) is 0 Å². The van der Waals surface area contributed by atoms with E-state index in [1.165, 1.54) is 4.90 Å². The molecule has 1 aromatic carbocycles. The molecule has 0 aromatic heterocycles. The van der Waals surface area contributed by atoms with E-state index in [2.05, 4.69) is 4.90 Å². The number of nitrogens with zero attached hydrogens (tertiary/aromatic N) is 3. The molecule has 2 heterocycles. The molecular formula is C16H19N3O4. The molecule has 122 valence electrons. The van der Waals surface area contributed by atoms with E-state index in [1.807, 2.05) is 0 Å². The van der Waals surface area contributed by atoms with Gasteiger partial charge in [0.05, 0.1) is 12.1 Å². The molecule has 1 aromatic rings. The summed E-state index contributed by atoms with van der Waals surface area (Å²) in [5.41, 5.74) is 1.25. The molecule has 0 bridgehead atoms. The number of rotatable bonds is 3. The highest BCUT2D eigenvalue weighted by Crippen LogP contribution is 2.19. The molecule has 7 heteroatoms. The summed E-state index contributed by atoms with van der Waals surface area (Å²) in [5, 5.41) is 8.92. The predicted octanol–water partition coefficient (Wildman–Crippen LogP) is -0.130. The predicted molar refractivity (Wildman–Crippen MR) is 81.8 cm³/mol. The van der Waals surface area contributed by atoms with Crippen molar-refractivity contribution in [3.05, 3.63) is 35.4 Å². The number of hydrogen-bond donors (Lipinski definition) is 1. The normalized spacial score (nSPS) is 22.2. The van der Waals surface area contributed by atoms with Crippen molar-refractivity contribution in [1.29, 1.82) is 0 Å². The van der Waals surface area contributed by atoms with Crippen LogP contribution < -0.4 is 0 Å². The summed E-state index contributed by atoms with van der Waals surface area (Å²) in [4.78, 5) is 40.4. The summed E-state index contributed by atoms with van der Waals surface area (Å²) < 4.78 is 0. The quantitative estimate of drug-likeness (QED) is 0.840. The number of amides is 2. The van der Waals surface area contributed by atoms with Gasteiger partial charge in [-0.15, -0.1) is 0 Å². The molecule has 1 atom stereocenters. The van der Waals surface area contributed by atoms with Crippen molar-refractivity contribution in [2.45, 2.75) is 12.6 Å². The Labute approximate surface area is 134 Å². The molecule has 2 aliphatic heterocycles. The zero-order valence-corrected chi connectivity index (χ0v) is 12.9. The zero-order chi connectivity index (χ0) is 16.6. The van der Waals surface area contributed by atoms with Crippen LogP contribution in [0, 0.1) is 0 Å². The van der Waals surface area contributed by atoms with Gasteiger partial charge in [-0.3, -0.25) is 14.5 Å². The van der Waals surface area contributed by atoms with E-state index < -0.39 is 12.0 Å². The Morgan fingerprint density at radius 2 is 1.91 bits per heavy atom. The highest BCUT2D eigenvalue weighted by molar-refractivity contribution is 5.95. The number of carboxylic acids is 1. The number of piperazine rings is 2. The van der Waals surface area contributed by atoms with Crippen molar-refractivity contribution in [3.63, 3.8) is 0 Å². The fraction of sp³-hybridized carbons (Fsp3) is 0.438. The number of aromatic carboxylic acids is 1. The molecule has 0 unspecified atom stereocenters. The van der Waals surface area contributed by atoms with Crippen LogP contribution in [0.3, 0.4) is 0 Å². The molecule has 0 saturated carbocycles. The number of carbonyl (C=O) groups is 3. The van der Waals surface area contributed by atoms with Crippen molar-refractivity contribution in [3.8, 4) is 0 Å². The van der Waals surface area contributed by atoms with E-state index in [0.717, 1.165) is 5.56 Å². The van der Waals surface area contributed by atoms with Crippen LogP contribution in [0.15, 0.2) is 24.3 Å². The summed E-state index contributed by atoms with van der Waals surface area (Å²) >= 11 is 0. The van der Waals surface area contributed by atoms with Crippen LogP contribution >= 0.6 is 0 Å². The lowest BCUT2D eigenvalue weighted by Gasteiger charge is -2.45. The average molecular weight is 317 g/mol. The van der Waals surface area contributed by atoms with Gasteiger partial charge in [0.25, 0.3) is 0 Å². The fourth-order valence-corrected chi connectivity index (χ4v) is 3.13. The minimum Gasteiger partial charge on any atom is -0.478 e. The third kappa shape index (κ3) is 3.05. The summed E-state index contributed by atoms with van der Waals surface area (Å²) in [5.74, 6) is -0.961. The molecular weight excluding hydrogens is 298 g/mol.